The van der Waals surface area contributed by atoms with E-state index in [1.165, 1.54) is 0 Å². The van der Waals surface area contributed by atoms with Crippen LogP contribution >= 0.6 is 11.6 Å². The smallest absolute Gasteiger partial charge is 0.227 e. The average Bonchev–Trinajstić information content (AvgIpc) is 2.93. The van der Waals surface area contributed by atoms with Gasteiger partial charge in [-0.2, -0.15) is 0 Å². The number of benzene rings is 1. The van der Waals surface area contributed by atoms with Gasteiger partial charge < -0.3 is 15.0 Å². The second kappa shape index (κ2) is 6.34. The Kier molecular flexibility index (Phi) is 4.48. The zero-order chi connectivity index (χ0) is 14.8. The van der Waals surface area contributed by atoms with E-state index in [9.17, 15) is 4.79 Å². The molecule has 2 saturated heterocycles. The first kappa shape index (κ1) is 14.8. The largest absolute Gasteiger partial charge is 0.370 e. The minimum Gasteiger partial charge on any atom is -0.370 e. The molecule has 2 aliphatic rings. The second-order valence-electron chi connectivity index (χ2n) is 5.83. The second-order valence-corrected chi connectivity index (χ2v) is 6.27. The molecular formula is C16H21ClN2O2. The minimum atomic E-state index is -0.0513. The van der Waals surface area contributed by atoms with Gasteiger partial charge in [-0.25, -0.2) is 0 Å². The molecule has 1 aromatic carbocycles. The Morgan fingerprint density at radius 2 is 2.14 bits per heavy atom. The monoisotopic (exact) mass is 308 g/mol. The summed E-state index contributed by atoms with van der Waals surface area (Å²) in [5.41, 5.74) is 1.08. The van der Waals surface area contributed by atoms with Crippen LogP contribution in [-0.4, -0.2) is 43.1 Å². The molecule has 114 valence electrons. The summed E-state index contributed by atoms with van der Waals surface area (Å²) in [7, 11) is 0. The van der Waals surface area contributed by atoms with Gasteiger partial charge in [0.05, 0.1) is 19.1 Å². The third-order valence-electron chi connectivity index (χ3n) is 4.46. The van der Waals surface area contributed by atoms with Crippen LogP contribution in [0.5, 0.6) is 0 Å². The summed E-state index contributed by atoms with van der Waals surface area (Å²) < 4.78 is 5.82. The van der Waals surface area contributed by atoms with Gasteiger partial charge in [-0.3, -0.25) is 4.79 Å². The first-order valence-electron chi connectivity index (χ1n) is 7.54. The summed E-state index contributed by atoms with van der Waals surface area (Å²) in [4.78, 5) is 14.6. The van der Waals surface area contributed by atoms with Crippen LogP contribution in [-0.2, 0) is 9.53 Å². The number of halogens is 1. The summed E-state index contributed by atoms with van der Waals surface area (Å²) in [6, 6.07) is 7.95. The molecule has 2 fully saturated rings. The van der Waals surface area contributed by atoms with Crippen LogP contribution in [0.25, 0.3) is 0 Å². The third kappa shape index (κ3) is 3.23. The number of morpholine rings is 1. The Hall–Kier alpha value is -1.10. The van der Waals surface area contributed by atoms with Gasteiger partial charge in [-0.05, 0) is 37.6 Å². The van der Waals surface area contributed by atoms with Crippen molar-refractivity contribution in [1.82, 2.24) is 10.2 Å². The molecule has 1 aromatic rings. The zero-order valence-corrected chi connectivity index (χ0v) is 13.0. The van der Waals surface area contributed by atoms with E-state index in [1.807, 2.05) is 29.2 Å². The molecule has 2 aliphatic heterocycles. The number of nitrogens with zero attached hydrogens (tertiary/aromatic N) is 1. The van der Waals surface area contributed by atoms with Gasteiger partial charge in [0.2, 0.25) is 5.91 Å². The Morgan fingerprint density at radius 3 is 2.81 bits per heavy atom. The molecule has 0 aromatic heterocycles. The van der Waals surface area contributed by atoms with E-state index in [2.05, 4.69) is 12.2 Å². The van der Waals surface area contributed by atoms with Gasteiger partial charge in [-0.15, -0.1) is 0 Å². The standard InChI is InChI=1S/C16H21ClN2O2/c1-11-14(6-7-18-11)16(20)19-8-9-21-15(10-19)12-2-4-13(17)5-3-12/h2-5,11,14-15,18H,6-10H2,1H3. The molecule has 4 nitrogen and oxygen atoms in total. The predicted octanol–water partition coefficient (Wildman–Crippen LogP) is 2.24. The van der Waals surface area contributed by atoms with Gasteiger partial charge in [0.1, 0.15) is 6.10 Å². The fourth-order valence-corrected chi connectivity index (χ4v) is 3.29. The lowest BCUT2D eigenvalue weighted by Crippen LogP contribution is -2.46. The summed E-state index contributed by atoms with van der Waals surface area (Å²) in [5.74, 6) is 0.365. The molecule has 2 heterocycles. The van der Waals surface area contributed by atoms with Crippen molar-refractivity contribution in [2.24, 2.45) is 5.92 Å². The quantitative estimate of drug-likeness (QED) is 0.911. The molecule has 3 atom stereocenters. The van der Waals surface area contributed by atoms with Gasteiger partial charge in [0.25, 0.3) is 0 Å². The zero-order valence-electron chi connectivity index (χ0n) is 12.2. The molecule has 3 unspecified atom stereocenters. The first-order valence-corrected chi connectivity index (χ1v) is 7.92. The van der Waals surface area contributed by atoms with Crippen molar-refractivity contribution in [3.8, 4) is 0 Å². The van der Waals surface area contributed by atoms with Crippen molar-refractivity contribution in [2.75, 3.05) is 26.2 Å². The van der Waals surface area contributed by atoms with E-state index in [0.717, 1.165) is 18.5 Å². The lowest BCUT2D eigenvalue weighted by atomic mass is 9.99. The van der Waals surface area contributed by atoms with Crippen LogP contribution in [0.4, 0.5) is 0 Å². The molecule has 1 N–H and O–H groups in total. The highest BCUT2D eigenvalue weighted by Gasteiger charge is 2.35. The molecular weight excluding hydrogens is 288 g/mol. The van der Waals surface area contributed by atoms with Gasteiger partial charge >= 0.3 is 0 Å². The average molecular weight is 309 g/mol. The fraction of sp³-hybridized carbons (Fsp3) is 0.562. The first-order chi connectivity index (χ1) is 10.1. The molecule has 0 aliphatic carbocycles. The number of hydrogen-bond acceptors (Lipinski definition) is 3. The molecule has 21 heavy (non-hydrogen) atoms. The van der Waals surface area contributed by atoms with Gasteiger partial charge in [-0.1, -0.05) is 23.7 Å². The van der Waals surface area contributed by atoms with E-state index in [1.54, 1.807) is 0 Å². The van der Waals surface area contributed by atoms with E-state index in [4.69, 9.17) is 16.3 Å². The highest BCUT2D eigenvalue weighted by atomic mass is 35.5. The maximum absolute atomic E-state index is 12.7. The van der Waals surface area contributed by atoms with Crippen LogP contribution in [0.1, 0.15) is 25.0 Å². The Balaban J connectivity index is 1.68. The topological polar surface area (TPSA) is 41.6 Å². The highest BCUT2D eigenvalue weighted by molar-refractivity contribution is 6.30. The SMILES string of the molecule is CC1NCCC1C(=O)N1CCOC(c2ccc(Cl)cc2)C1. The van der Waals surface area contributed by atoms with E-state index >= 15 is 0 Å². The van der Waals surface area contributed by atoms with E-state index in [0.29, 0.717) is 24.7 Å². The number of amides is 1. The highest BCUT2D eigenvalue weighted by Crippen LogP contribution is 2.26. The van der Waals surface area contributed by atoms with Crippen molar-refractivity contribution in [2.45, 2.75) is 25.5 Å². The molecule has 1 amide bonds. The van der Waals surface area contributed by atoms with Crippen molar-refractivity contribution in [3.05, 3.63) is 34.9 Å². The minimum absolute atomic E-state index is 0.0513. The lowest BCUT2D eigenvalue weighted by molar-refractivity contribution is -0.143. The van der Waals surface area contributed by atoms with Crippen molar-refractivity contribution in [1.29, 1.82) is 0 Å². The number of hydrogen-bond donors (Lipinski definition) is 1. The van der Waals surface area contributed by atoms with Crippen LogP contribution in [0.3, 0.4) is 0 Å². The van der Waals surface area contributed by atoms with Crippen LogP contribution in [0.15, 0.2) is 24.3 Å². The van der Waals surface area contributed by atoms with Gasteiger partial charge in [0.15, 0.2) is 0 Å². The molecule has 0 spiro atoms. The maximum atomic E-state index is 12.7. The summed E-state index contributed by atoms with van der Waals surface area (Å²) in [6.45, 7) is 4.93. The van der Waals surface area contributed by atoms with E-state index < -0.39 is 0 Å². The molecule has 0 bridgehead atoms. The number of carbonyl (C=O) groups is 1. The Morgan fingerprint density at radius 1 is 1.38 bits per heavy atom. The molecule has 0 radical (unpaired) electrons. The summed E-state index contributed by atoms with van der Waals surface area (Å²) in [6.07, 6.45) is 0.882. The molecule has 5 heteroatoms. The Bertz CT molecular complexity index is 506. The molecule has 3 rings (SSSR count). The summed E-state index contributed by atoms with van der Waals surface area (Å²) >= 11 is 5.92. The number of ether oxygens (including phenoxy) is 1. The third-order valence-corrected chi connectivity index (χ3v) is 4.71. The number of nitrogens with one attached hydrogen (secondary N) is 1. The van der Waals surface area contributed by atoms with Crippen molar-refractivity contribution >= 4 is 17.5 Å². The lowest BCUT2D eigenvalue weighted by Gasteiger charge is -2.35. The van der Waals surface area contributed by atoms with E-state index in [-0.39, 0.29) is 24.0 Å². The van der Waals surface area contributed by atoms with Crippen LogP contribution in [0, 0.1) is 5.92 Å². The van der Waals surface area contributed by atoms with Crippen molar-refractivity contribution < 1.29 is 9.53 Å². The number of carbonyl (C=O) groups excluding carboxylic acids is 1. The van der Waals surface area contributed by atoms with Crippen LogP contribution < -0.4 is 5.32 Å². The summed E-state index contributed by atoms with van der Waals surface area (Å²) in [5, 5.41) is 4.06. The normalized spacial score (nSPS) is 29.6. The predicted molar refractivity (Wildman–Crippen MR) is 82.3 cm³/mol. The number of rotatable bonds is 2. The molecule has 0 saturated carbocycles. The fourth-order valence-electron chi connectivity index (χ4n) is 3.16. The van der Waals surface area contributed by atoms with Crippen molar-refractivity contribution in [3.63, 3.8) is 0 Å². The van der Waals surface area contributed by atoms with Gasteiger partial charge in [0, 0.05) is 17.6 Å². The Labute approximate surface area is 130 Å². The maximum Gasteiger partial charge on any atom is 0.227 e. The van der Waals surface area contributed by atoms with Crippen LogP contribution in [0.2, 0.25) is 5.02 Å².